The highest BCUT2D eigenvalue weighted by Gasteiger charge is 2.66. The van der Waals surface area contributed by atoms with Gasteiger partial charge in [0.15, 0.2) is 0 Å². The van der Waals surface area contributed by atoms with Crippen molar-refractivity contribution in [2.24, 2.45) is 5.92 Å². The van der Waals surface area contributed by atoms with Crippen molar-refractivity contribution in [3.05, 3.63) is 27.3 Å². The molecule has 3 aliphatic rings. The zero-order valence-corrected chi connectivity index (χ0v) is 19.1. The molecule has 1 aromatic carbocycles. The molecule has 1 N–H and O–H groups in total. The highest BCUT2D eigenvalue weighted by Crippen LogP contribution is 2.51. The second-order valence-electron chi connectivity index (χ2n) is 7.78. The fraction of sp³-hybridized carbons (Fsp3) is 0.611. The minimum Gasteiger partial charge on any atom is -0.465 e. The summed E-state index contributed by atoms with van der Waals surface area (Å²) in [6.07, 6.45) is -2.81. The molecule has 0 saturated carbocycles. The van der Waals surface area contributed by atoms with E-state index < -0.39 is 64.2 Å². The first-order chi connectivity index (χ1) is 14.8. The third-order valence-electron chi connectivity index (χ3n) is 5.72. The van der Waals surface area contributed by atoms with Gasteiger partial charge in [0.2, 0.25) is 5.79 Å². The highest BCUT2D eigenvalue weighted by molar-refractivity contribution is 14.1. The third-order valence-corrected chi connectivity index (χ3v) is 7.34. The first-order valence-corrected chi connectivity index (χ1v) is 11.9. The van der Waals surface area contributed by atoms with E-state index >= 15 is 0 Å². The Kier molecular flexibility index (Phi) is 5.92. The Morgan fingerprint density at radius 1 is 1.31 bits per heavy atom. The van der Waals surface area contributed by atoms with Crippen molar-refractivity contribution in [3.8, 4) is 5.75 Å². The molecule has 2 fully saturated rings. The van der Waals surface area contributed by atoms with Crippen LogP contribution in [0, 0.1) is 9.49 Å². The molecule has 4 unspecified atom stereocenters. The quantitative estimate of drug-likeness (QED) is 0.231. The molecule has 2 bridgehead atoms. The molecule has 3 heterocycles. The predicted octanol–water partition coefficient (Wildman–Crippen LogP) is 3.12. The molecule has 8 nitrogen and oxygen atoms in total. The van der Waals surface area contributed by atoms with Gasteiger partial charge in [-0.2, -0.15) is 26.0 Å². The van der Waals surface area contributed by atoms with Crippen LogP contribution in [0.4, 0.5) is 17.6 Å². The van der Waals surface area contributed by atoms with Crippen LogP contribution in [0.3, 0.4) is 0 Å². The van der Waals surface area contributed by atoms with Gasteiger partial charge in [-0.3, -0.25) is 9.35 Å². The maximum atomic E-state index is 13.5. The Morgan fingerprint density at radius 2 is 2.03 bits per heavy atom. The SMILES string of the molecule is O=C(OCCC(F)(F)C(F)(F)S(=O)(=O)O)C1CC2OC1CC21OCc2cc(I)ccc2O1. The van der Waals surface area contributed by atoms with Gasteiger partial charge in [-0.25, -0.2) is 0 Å². The van der Waals surface area contributed by atoms with E-state index in [9.17, 15) is 30.8 Å². The van der Waals surface area contributed by atoms with Crippen LogP contribution in [-0.4, -0.2) is 54.7 Å². The number of carbonyl (C=O) groups excluding carboxylic acids is 1. The van der Waals surface area contributed by atoms with Crippen LogP contribution in [0.1, 0.15) is 24.8 Å². The predicted molar refractivity (Wildman–Crippen MR) is 106 cm³/mol. The summed E-state index contributed by atoms with van der Waals surface area (Å²) in [6.45, 7) is -0.889. The van der Waals surface area contributed by atoms with Gasteiger partial charge < -0.3 is 18.9 Å². The van der Waals surface area contributed by atoms with E-state index in [2.05, 4.69) is 27.3 Å². The van der Waals surface area contributed by atoms with E-state index in [1.54, 1.807) is 0 Å². The molecule has 2 saturated heterocycles. The number of hydrogen-bond acceptors (Lipinski definition) is 7. The molecule has 4 rings (SSSR count). The molecule has 4 atom stereocenters. The van der Waals surface area contributed by atoms with Gasteiger partial charge in [0.05, 0.1) is 31.7 Å². The average Bonchev–Trinajstić information content (AvgIpc) is 3.25. The summed E-state index contributed by atoms with van der Waals surface area (Å²) < 4.78 is 106. The lowest BCUT2D eigenvalue weighted by Crippen LogP contribution is -2.52. The maximum absolute atomic E-state index is 13.5. The fourth-order valence-corrected chi connectivity index (χ4v) is 5.07. The fourth-order valence-electron chi connectivity index (χ4n) is 4.03. The molecule has 32 heavy (non-hydrogen) atoms. The number of hydrogen-bond donors (Lipinski definition) is 1. The van der Waals surface area contributed by atoms with Crippen molar-refractivity contribution in [1.82, 2.24) is 0 Å². The van der Waals surface area contributed by atoms with Gasteiger partial charge in [-0.1, -0.05) is 0 Å². The van der Waals surface area contributed by atoms with E-state index in [1.165, 1.54) is 0 Å². The number of rotatable bonds is 6. The van der Waals surface area contributed by atoms with Crippen molar-refractivity contribution in [2.75, 3.05) is 6.61 Å². The molecule has 14 heteroatoms. The Hall–Kier alpha value is -1.23. The maximum Gasteiger partial charge on any atom is 0.431 e. The normalized spacial score (nSPS) is 29.6. The summed E-state index contributed by atoms with van der Waals surface area (Å²) in [5, 5.41) is -5.71. The van der Waals surface area contributed by atoms with E-state index in [0.717, 1.165) is 9.13 Å². The van der Waals surface area contributed by atoms with Crippen molar-refractivity contribution in [3.63, 3.8) is 0 Å². The molecule has 1 aromatic rings. The monoisotopic (exact) mass is 596 g/mol. The standard InChI is InChI=1S/C18H17F4IO8S/c19-17(20,18(21,22)32(25,26)27)3-4-28-15(24)11-6-14-16(7-13(11)30-14)29-8-9-5-10(23)1-2-12(9)31-16/h1-2,5,11,13-14H,3-4,6-8H2,(H,25,26,27). The van der Waals surface area contributed by atoms with Crippen LogP contribution in [0.5, 0.6) is 5.75 Å². The molecule has 0 aromatic heterocycles. The molecule has 0 aliphatic carbocycles. The van der Waals surface area contributed by atoms with Crippen LogP contribution >= 0.6 is 22.6 Å². The molecule has 3 aliphatic heterocycles. The highest BCUT2D eigenvalue weighted by atomic mass is 127. The van der Waals surface area contributed by atoms with Crippen molar-refractivity contribution < 1.29 is 54.3 Å². The molecular formula is C18H17F4IO8S. The Bertz CT molecular complexity index is 1040. The third kappa shape index (κ3) is 3.97. The zero-order valence-electron chi connectivity index (χ0n) is 16.1. The van der Waals surface area contributed by atoms with Gasteiger partial charge >= 0.3 is 27.3 Å². The lowest BCUT2D eigenvalue weighted by molar-refractivity contribution is -0.232. The van der Waals surface area contributed by atoms with E-state index in [4.69, 9.17) is 18.8 Å². The number of alkyl halides is 4. The van der Waals surface area contributed by atoms with E-state index in [1.807, 2.05) is 18.2 Å². The van der Waals surface area contributed by atoms with Crippen LogP contribution in [0.25, 0.3) is 0 Å². The lowest BCUT2D eigenvalue weighted by Gasteiger charge is -2.40. The smallest absolute Gasteiger partial charge is 0.431 e. The Balaban J connectivity index is 1.33. The van der Waals surface area contributed by atoms with Gasteiger partial charge in [0, 0.05) is 15.6 Å². The molecule has 1 spiro atoms. The van der Waals surface area contributed by atoms with Gasteiger partial charge in [-0.05, 0) is 47.2 Å². The van der Waals surface area contributed by atoms with Gasteiger partial charge in [0.1, 0.15) is 11.9 Å². The van der Waals surface area contributed by atoms with Crippen molar-refractivity contribution >= 4 is 38.7 Å². The summed E-state index contributed by atoms with van der Waals surface area (Å²) in [5.74, 6) is -7.37. The van der Waals surface area contributed by atoms with E-state index in [0.29, 0.717) is 5.75 Å². The first kappa shape index (κ1) is 23.9. The average molecular weight is 596 g/mol. The number of carbonyl (C=O) groups is 1. The summed E-state index contributed by atoms with van der Waals surface area (Å²) in [4.78, 5) is 12.3. The largest absolute Gasteiger partial charge is 0.465 e. The Labute approximate surface area is 193 Å². The van der Waals surface area contributed by atoms with Crippen molar-refractivity contribution in [1.29, 1.82) is 0 Å². The molecule has 178 valence electrons. The van der Waals surface area contributed by atoms with Crippen LogP contribution in [0.15, 0.2) is 18.2 Å². The Morgan fingerprint density at radius 3 is 2.66 bits per heavy atom. The minimum atomic E-state index is -6.34. The van der Waals surface area contributed by atoms with Crippen LogP contribution in [-0.2, 0) is 35.7 Å². The summed E-state index contributed by atoms with van der Waals surface area (Å²) in [6, 6.07) is 5.59. The lowest BCUT2D eigenvalue weighted by atomic mass is 9.84. The van der Waals surface area contributed by atoms with Gasteiger partial charge in [0.25, 0.3) is 0 Å². The van der Waals surface area contributed by atoms with E-state index in [-0.39, 0.29) is 19.4 Å². The molecular weight excluding hydrogens is 579 g/mol. The first-order valence-electron chi connectivity index (χ1n) is 9.42. The summed E-state index contributed by atoms with van der Waals surface area (Å²) in [7, 11) is -6.34. The molecule has 0 radical (unpaired) electrons. The zero-order chi connectivity index (χ0) is 23.5. The topological polar surface area (TPSA) is 108 Å². The number of halogens is 5. The van der Waals surface area contributed by atoms with Crippen LogP contribution in [0.2, 0.25) is 0 Å². The second kappa shape index (κ2) is 7.92. The summed E-state index contributed by atoms with van der Waals surface area (Å²) >= 11 is 2.16. The number of esters is 1. The number of ether oxygens (including phenoxy) is 4. The summed E-state index contributed by atoms with van der Waals surface area (Å²) in [5.41, 5.74) is 0.865. The minimum absolute atomic E-state index is 0.112. The molecule has 0 amide bonds. The number of benzene rings is 1. The van der Waals surface area contributed by atoms with Crippen molar-refractivity contribution in [2.45, 2.75) is 55.0 Å². The van der Waals surface area contributed by atoms with Gasteiger partial charge in [-0.15, -0.1) is 0 Å². The second-order valence-corrected chi connectivity index (χ2v) is 10.5. The van der Waals surface area contributed by atoms with Crippen LogP contribution < -0.4 is 4.74 Å². The number of fused-ring (bicyclic) bond motifs is 4.